The second-order valence-corrected chi connectivity index (χ2v) is 4.48. The SMILES string of the molecule is C=C(C)CNC(C)c1ccc(OCCC)cc1. The van der Waals surface area contributed by atoms with E-state index >= 15 is 0 Å². The molecule has 0 aliphatic rings. The third-order valence-electron chi connectivity index (χ3n) is 2.56. The van der Waals surface area contributed by atoms with Crippen LogP contribution in [0.5, 0.6) is 5.75 Å². The lowest BCUT2D eigenvalue weighted by molar-refractivity contribution is 0.317. The molecule has 0 radical (unpaired) electrons. The summed E-state index contributed by atoms with van der Waals surface area (Å²) < 4.78 is 5.55. The van der Waals surface area contributed by atoms with E-state index in [-0.39, 0.29) is 0 Å². The molecule has 94 valence electrons. The molecule has 1 unspecified atom stereocenters. The first-order valence-corrected chi connectivity index (χ1v) is 6.24. The molecule has 1 atom stereocenters. The van der Waals surface area contributed by atoms with Gasteiger partial charge in [0.1, 0.15) is 5.75 Å². The van der Waals surface area contributed by atoms with Gasteiger partial charge in [0.25, 0.3) is 0 Å². The fourth-order valence-electron chi connectivity index (χ4n) is 1.52. The monoisotopic (exact) mass is 233 g/mol. The summed E-state index contributed by atoms with van der Waals surface area (Å²) in [6.07, 6.45) is 1.04. The Kier molecular flexibility index (Phi) is 5.78. The minimum atomic E-state index is 0.340. The minimum Gasteiger partial charge on any atom is -0.494 e. The summed E-state index contributed by atoms with van der Waals surface area (Å²) >= 11 is 0. The standard InChI is InChI=1S/C15H23NO/c1-5-10-17-15-8-6-14(7-9-15)13(4)16-11-12(2)3/h6-9,13,16H,2,5,10-11H2,1,3-4H3. The second kappa shape index (κ2) is 7.13. The largest absolute Gasteiger partial charge is 0.494 e. The van der Waals surface area contributed by atoms with Crippen LogP contribution in [0.4, 0.5) is 0 Å². The summed E-state index contributed by atoms with van der Waals surface area (Å²) in [6, 6.07) is 8.63. The van der Waals surface area contributed by atoms with Gasteiger partial charge in [0.15, 0.2) is 0 Å². The van der Waals surface area contributed by atoms with Crippen molar-refractivity contribution >= 4 is 0 Å². The highest BCUT2D eigenvalue weighted by molar-refractivity contribution is 5.29. The van der Waals surface area contributed by atoms with Gasteiger partial charge in [0.05, 0.1) is 6.61 Å². The van der Waals surface area contributed by atoms with Gasteiger partial charge >= 0.3 is 0 Å². The number of hydrogen-bond donors (Lipinski definition) is 1. The maximum absolute atomic E-state index is 5.55. The van der Waals surface area contributed by atoms with Crippen LogP contribution in [0.15, 0.2) is 36.4 Å². The molecule has 2 nitrogen and oxygen atoms in total. The molecule has 0 aromatic heterocycles. The number of benzene rings is 1. The van der Waals surface area contributed by atoms with Gasteiger partial charge in [-0.1, -0.05) is 31.2 Å². The first kappa shape index (κ1) is 13.8. The summed E-state index contributed by atoms with van der Waals surface area (Å²) in [4.78, 5) is 0. The van der Waals surface area contributed by atoms with Gasteiger partial charge in [-0.25, -0.2) is 0 Å². The topological polar surface area (TPSA) is 21.3 Å². The zero-order chi connectivity index (χ0) is 12.7. The van der Waals surface area contributed by atoms with Gasteiger partial charge in [-0.2, -0.15) is 0 Å². The molecule has 1 rings (SSSR count). The molecule has 0 amide bonds. The quantitative estimate of drug-likeness (QED) is 0.725. The van der Waals surface area contributed by atoms with Gasteiger partial charge in [-0.3, -0.25) is 0 Å². The number of hydrogen-bond acceptors (Lipinski definition) is 2. The van der Waals surface area contributed by atoms with Crippen LogP contribution in [0.1, 0.15) is 38.8 Å². The summed E-state index contributed by atoms with van der Waals surface area (Å²) in [5.74, 6) is 0.947. The molecule has 1 aromatic rings. The fourth-order valence-corrected chi connectivity index (χ4v) is 1.52. The number of rotatable bonds is 7. The van der Waals surface area contributed by atoms with E-state index in [9.17, 15) is 0 Å². The van der Waals surface area contributed by atoms with E-state index < -0.39 is 0 Å². The molecule has 0 fully saturated rings. The lowest BCUT2D eigenvalue weighted by Crippen LogP contribution is -2.20. The van der Waals surface area contributed by atoms with Gasteiger partial charge in [0, 0.05) is 12.6 Å². The zero-order valence-electron chi connectivity index (χ0n) is 11.1. The number of nitrogens with one attached hydrogen (secondary N) is 1. The van der Waals surface area contributed by atoms with Crippen molar-refractivity contribution in [2.24, 2.45) is 0 Å². The summed E-state index contributed by atoms with van der Waals surface area (Å²) in [5.41, 5.74) is 2.43. The van der Waals surface area contributed by atoms with Crippen molar-refractivity contribution in [3.05, 3.63) is 42.0 Å². The van der Waals surface area contributed by atoms with Crippen LogP contribution in [0.25, 0.3) is 0 Å². The zero-order valence-corrected chi connectivity index (χ0v) is 11.1. The molecular weight excluding hydrogens is 210 g/mol. The first-order valence-electron chi connectivity index (χ1n) is 6.24. The molecule has 0 saturated carbocycles. The molecule has 0 heterocycles. The van der Waals surface area contributed by atoms with Crippen molar-refractivity contribution < 1.29 is 4.74 Å². The van der Waals surface area contributed by atoms with Crippen molar-refractivity contribution in [2.75, 3.05) is 13.2 Å². The predicted molar refractivity (Wildman–Crippen MR) is 73.5 cm³/mol. The normalized spacial score (nSPS) is 12.2. The van der Waals surface area contributed by atoms with Crippen LogP contribution in [-0.2, 0) is 0 Å². The Bertz CT molecular complexity index is 342. The summed E-state index contributed by atoms with van der Waals surface area (Å²) in [6.45, 7) is 11.8. The Balaban J connectivity index is 2.51. The smallest absolute Gasteiger partial charge is 0.119 e. The highest BCUT2D eigenvalue weighted by Gasteiger charge is 2.04. The van der Waals surface area contributed by atoms with Crippen molar-refractivity contribution in [3.63, 3.8) is 0 Å². The molecule has 1 aromatic carbocycles. The van der Waals surface area contributed by atoms with Crippen LogP contribution in [0.3, 0.4) is 0 Å². The molecule has 17 heavy (non-hydrogen) atoms. The predicted octanol–water partition coefficient (Wildman–Crippen LogP) is 3.70. The van der Waals surface area contributed by atoms with E-state index in [1.54, 1.807) is 0 Å². The van der Waals surface area contributed by atoms with E-state index in [0.717, 1.165) is 30.9 Å². The first-order chi connectivity index (χ1) is 8.13. The van der Waals surface area contributed by atoms with Crippen LogP contribution in [0, 0.1) is 0 Å². The van der Waals surface area contributed by atoms with Gasteiger partial charge in [0.2, 0.25) is 0 Å². The highest BCUT2D eigenvalue weighted by Crippen LogP contribution is 2.17. The Morgan fingerprint density at radius 2 is 2.00 bits per heavy atom. The molecule has 0 spiro atoms. The van der Waals surface area contributed by atoms with E-state index in [1.807, 2.05) is 19.1 Å². The van der Waals surface area contributed by atoms with E-state index in [2.05, 4.69) is 37.9 Å². The summed E-state index contributed by atoms with van der Waals surface area (Å²) in [5, 5.41) is 3.42. The van der Waals surface area contributed by atoms with E-state index in [0.29, 0.717) is 6.04 Å². The fraction of sp³-hybridized carbons (Fsp3) is 0.467. The maximum Gasteiger partial charge on any atom is 0.119 e. The van der Waals surface area contributed by atoms with Gasteiger partial charge < -0.3 is 10.1 Å². The van der Waals surface area contributed by atoms with Gasteiger partial charge in [-0.15, -0.1) is 0 Å². The molecule has 0 aliphatic heterocycles. The van der Waals surface area contributed by atoms with Crippen molar-refractivity contribution in [2.45, 2.75) is 33.2 Å². The Hall–Kier alpha value is -1.28. The lowest BCUT2D eigenvalue weighted by atomic mass is 10.1. The van der Waals surface area contributed by atoms with Crippen molar-refractivity contribution in [1.82, 2.24) is 5.32 Å². The average molecular weight is 233 g/mol. The minimum absolute atomic E-state index is 0.340. The maximum atomic E-state index is 5.55. The van der Waals surface area contributed by atoms with Crippen LogP contribution < -0.4 is 10.1 Å². The highest BCUT2D eigenvalue weighted by atomic mass is 16.5. The van der Waals surface area contributed by atoms with Crippen molar-refractivity contribution in [3.8, 4) is 5.75 Å². The lowest BCUT2D eigenvalue weighted by Gasteiger charge is -2.14. The molecule has 0 saturated heterocycles. The van der Waals surface area contributed by atoms with E-state index in [1.165, 1.54) is 5.56 Å². The van der Waals surface area contributed by atoms with Crippen molar-refractivity contribution in [1.29, 1.82) is 0 Å². The third-order valence-corrected chi connectivity index (χ3v) is 2.56. The van der Waals surface area contributed by atoms with Gasteiger partial charge in [-0.05, 0) is 38.0 Å². The van der Waals surface area contributed by atoms with E-state index in [4.69, 9.17) is 4.74 Å². The average Bonchev–Trinajstić information content (AvgIpc) is 2.34. The third kappa shape index (κ3) is 5.05. The molecule has 0 aliphatic carbocycles. The van der Waals surface area contributed by atoms with Crippen LogP contribution in [0.2, 0.25) is 0 Å². The molecular formula is C15H23NO. The van der Waals surface area contributed by atoms with Crippen LogP contribution in [-0.4, -0.2) is 13.2 Å². The molecule has 0 bridgehead atoms. The summed E-state index contributed by atoms with van der Waals surface area (Å²) in [7, 11) is 0. The number of ether oxygens (including phenoxy) is 1. The second-order valence-electron chi connectivity index (χ2n) is 4.48. The Morgan fingerprint density at radius 3 is 2.53 bits per heavy atom. The molecule has 1 N–H and O–H groups in total. The Labute approximate surface area is 105 Å². The van der Waals surface area contributed by atoms with Crippen LogP contribution >= 0.6 is 0 Å². The Morgan fingerprint density at radius 1 is 1.35 bits per heavy atom. The molecule has 2 heteroatoms.